The van der Waals surface area contributed by atoms with E-state index in [0.717, 1.165) is 31.7 Å². The summed E-state index contributed by atoms with van der Waals surface area (Å²) in [6.45, 7) is 5.23. The van der Waals surface area contributed by atoms with Crippen molar-refractivity contribution in [2.75, 3.05) is 26.2 Å². The maximum atomic E-state index is 13.3. The third-order valence-electron chi connectivity index (χ3n) is 5.92. The van der Waals surface area contributed by atoms with Crippen molar-refractivity contribution >= 4 is 28.6 Å². The molecule has 0 amide bonds. The standard InChI is InChI=1S/C25H29NO4S2/c1-2-19-17-26(13-8-14-29-20-9-4-3-5-10-20)18-21(19)30-24(27)25(28,22-11-6-15-31-22)23-12-7-16-32-23/h3-7,9-12,15-16,19,21,28H,2,8,13-14,17-18H2,1H3. The summed E-state index contributed by atoms with van der Waals surface area (Å²) in [5.41, 5.74) is -1.75. The number of benzene rings is 1. The summed E-state index contributed by atoms with van der Waals surface area (Å²) < 4.78 is 11.8. The van der Waals surface area contributed by atoms with E-state index in [-0.39, 0.29) is 12.0 Å². The molecule has 32 heavy (non-hydrogen) atoms. The van der Waals surface area contributed by atoms with Gasteiger partial charge in [-0.1, -0.05) is 37.3 Å². The number of para-hydroxylation sites is 1. The van der Waals surface area contributed by atoms with Gasteiger partial charge in [0.25, 0.3) is 0 Å². The molecular weight excluding hydrogens is 442 g/mol. The van der Waals surface area contributed by atoms with Gasteiger partial charge in [0.05, 0.1) is 16.4 Å². The van der Waals surface area contributed by atoms with Crippen LogP contribution in [0.3, 0.4) is 0 Å². The van der Waals surface area contributed by atoms with Gasteiger partial charge in [-0.3, -0.25) is 4.90 Å². The summed E-state index contributed by atoms with van der Waals surface area (Å²) in [6, 6.07) is 17.1. The van der Waals surface area contributed by atoms with Crippen LogP contribution in [0.1, 0.15) is 29.5 Å². The minimum Gasteiger partial charge on any atom is -0.494 e. The number of carbonyl (C=O) groups is 1. The number of nitrogens with zero attached hydrogens (tertiary/aromatic N) is 1. The zero-order valence-electron chi connectivity index (χ0n) is 18.2. The van der Waals surface area contributed by atoms with Crippen LogP contribution >= 0.6 is 22.7 Å². The summed E-state index contributed by atoms with van der Waals surface area (Å²) in [4.78, 5) is 16.8. The highest BCUT2D eigenvalue weighted by atomic mass is 32.1. The Morgan fingerprint density at radius 2 is 1.75 bits per heavy atom. The number of thiophene rings is 2. The zero-order valence-corrected chi connectivity index (χ0v) is 19.8. The lowest BCUT2D eigenvalue weighted by Gasteiger charge is -2.27. The van der Waals surface area contributed by atoms with Crippen molar-refractivity contribution in [1.29, 1.82) is 0 Å². The van der Waals surface area contributed by atoms with E-state index in [0.29, 0.717) is 22.9 Å². The quantitative estimate of drug-likeness (QED) is 0.341. The topological polar surface area (TPSA) is 59.0 Å². The van der Waals surface area contributed by atoms with Crippen molar-refractivity contribution in [3.8, 4) is 5.75 Å². The summed E-state index contributed by atoms with van der Waals surface area (Å²) in [6.07, 6.45) is 1.60. The molecule has 170 valence electrons. The predicted molar refractivity (Wildman–Crippen MR) is 128 cm³/mol. The lowest BCUT2D eigenvalue weighted by Crippen LogP contribution is -2.41. The first-order valence-corrected chi connectivity index (χ1v) is 12.8. The number of hydrogen-bond donors (Lipinski definition) is 1. The van der Waals surface area contributed by atoms with Gasteiger partial charge < -0.3 is 14.6 Å². The van der Waals surface area contributed by atoms with Crippen LogP contribution in [0.4, 0.5) is 0 Å². The maximum Gasteiger partial charge on any atom is 0.349 e. The Morgan fingerprint density at radius 3 is 2.34 bits per heavy atom. The van der Waals surface area contributed by atoms with Gasteiger partial charge in [-0.15, -0.1) is 22.7 Å². The van der Waals surface area contributed by atoms with Gasteiger partial charge in [0.2, 0.25) is 5.60 Å². The minimum atomic E-state index is -1.75. The van der Waals surface area contributed by atoms with Gasteiger partial charge in [-0.2, -0.15) is 0 Å². The van der Waals surface area contributed by atoms with E-state index < -0.39 is 11.6 Å². The Bertz CT molecular complexity index is 925. The number of aliphatic hydroxyl groups is 1. The van der Waals surface area contributed by atoms with E-state index in [1.165, 1.54) is 22.7 Å². The van der Waals surface area contributed by atoms with Crippen molar-refractivity contribution < 1.29 is 19.4 Å². The van der Waals surface area contributed by atoms with Crippen LogP contribution in [0.5, 0.6) is 5.75 Å². The lowest BCUT2D eigenvalue weighted by molar-refractivity contribution is -0.168. The number of rotatable bonds is 10. The van der Waals surface area contributed by atoms with E-state index in [1.54, 1.807) is 12.1 Å². The molecule has 2 atom stereocenters. The van der Waals surface area contributed by atoms with E-state index in [2.05, 4.69) is 11.8 Å². The van der Waals surface area contributed by atoms with Crippen LogP contribution < -0.4 is 4.74 Å². The molecule has 0 spiro atoms. The van der Waals surface area contributed by atoms with Crippen molar-refractivity contribution in [3.05, 3.63) is 75.1 Å². The van der Waals surface area contributed by atoms with Gasteiger partial charge in [0.15, 0.2) is 0 Å². The second-order valence-corrected chi connectivity index (χ2v) is 9.95. The Balaban J connectivity index is 1.36. The van der Waals surface area contributed by atoms with Gasteiger partial charge in [0, 0.05) is 25.6 Å². The third-order valence-corrected chi connectivity index (χ3v) is 7.88. The molecule has 4 rings (SSSR count). The first-order valence-electron chi connectivity index (χ1n) is 11.0. The monoisotopic (exact) mass is 471 g/mol. The molecule has 0 aliphatic carbocycles. The van der Waals surface area contributed by atoms with Crippen molar-refractivity contribution in [3.63, 3.8) is 0 Å². The fourth-order valence-corrected chi connectivity index (χ4v) is 5.86. The highest BCUT2D eigenvalue weighted by Gasteiger charge is 2.46. The molecule has 1 aromatic carbocycles. The van der Waals surface area contributed by atoms with Crippen LogP contribution in [0.15, 0.2) is 65.4 Å². The second-order valence-electron chi connectivity index (χ2n) is 8.05. The largest absolute Gasteiger partial charge is 0.494 e. The van der Waals surface area contributed by atoms with E-state index >= 15 is 0 Å². The normalized spacial score (nSPS) is 19.2. The Kier molecular flexibility index (Phi) is 7.63. The Hall–Kier alpha value is -2.19. The SMILES string of the molecule is CCC1CN(CCCOc2ccccc2)CC1OC(=O)C(O)(c1cccs1)c1cccs1. The van der Waals surface area contributed by atoms with Gasteiger partial charge >= 0.3 is 5.97 Å². The number of likely N-dealkylation sites (tertiary alicyclic amines) is 1. The highest BCUT2D eigenvalue weighted by molar-refractivity contribution is 7.12. The second kappa shape index (κ2) is 10.6. The molecule has 3 heterocycles. The molecule has 1 aliphatic rings. The fraction of sp³-hybridized carbons (Fsp3) is 0.400. The van der Waals surface area contributed by atoms with Crippen molar-refractivity contribution in [1.82, 2.24) is 4.90 Å². The zero-order chi connectivity index (χ0) is 22.4. The molecule has 5 nitrogen and oxygen atoms in total. The van der Waals surface area contributed by atoms with Crippen LogP contribution in [0.2, 0.25) is 0 Å². The fourth-order valence-electron chi connectivity index (χ4n) is 4.14. The average Bonchev–Trinajstić information content (AvgIpc) is 3.59. The van der Waals surface area contributed by atoms with Crippen LogP contribution in [0.25, 0.3) is 0 Å². The Morgan fingerprint density at radius 1 is 1.06 bits per heavy atom. The summed E-state index contributed by atoms with van der Waals surface area (Å²) in [7, 11) is 0. The average molecular weight is 472 g/mol. The van der Waals surface area contributed by atoms with E-state index in [1.807, 2.05) is 53.2 Å². The molecule has 0 saturated carbocycles. The molecular formula is C25H29NO4S2. The molecule has 2 unspecified atom stereocenters. The predicted octanol–water partition coefficient (Wildman–Crippen LogP) is 4.77. The smallest absolute Gasteiger partial charge is 0.349 e. The molecule has 0 radical (unpaired) electrons. The van der Waals surface area contributed by atoms with Crippen molar-refractivity contribution in [2.24, 2.45) is 5.92 Å². The first-order chi connectivity index (χ1) is 15.6. The molecule has 1 fully saturated rings. The van der Waals surface area contributed by atoms with Crippen LogP contribution in [-0.2, 0) is 15.1 Å². The molecule has 1 saturated heterocycles. The molecule has 1 aliphatic heterocycles. The third kappa shape index (κ3) is 5.07. The summed E-state index contributed by atoms with van der Waals surface area (Å²) in [5.74, 6) is 0.554. The minimum absolute atomic E-state index is 0.228. The highest BCUT2D eigenvalue weighted by Crippen LogP contribution is 2.38. The van der Waals surface area contributed by atoms with E-state index in [4.69, 9.17) is 9.47 Å². The first kappa shape index (κ1) is 23.0. The number of esters is 1. The van der Waals surface area contributed by atoms with Gasteiger partial charge in [-0.05, 0) is 47.9 Å². The maximum absolute atomic E-state index is 13.3. The number of hydrogen-bond acceptors (Lipinski definition) is 7. The van der Waals surface area contributed by atoms with Crippen LogP contribution in [0, 0.1) is 5.92 Å². The summed E-state index contributed by atoms with van der Waals surface area (Å²) >= 11 is 2.73. The molecule has 1 N–H and O–H groups in total. The molecule has 7 heteroatoms. The van der Waals surface area contributed by atoms with Crippen LogP contribution in [-0.4, -0.2) is 48.3 Å². The summed E-state index contributed by atoms with van der Waals surface area (Å²) in [5, 5.41) is 15.2. The lowest BCUT2D eigenvalue weighted by atomic mass is 9.99. The van der Waals surface area contributed by atoms with Gasteiger partial charge in [-0.25, -0.2) is 4.79 Å². The number of ether oxygens (including phenoxy) is 2. The van der Waals surface area contributed by atoms with Gasteiger partial charge in [0.1, 0.15) is 11.9 Å². The number of carbonyl (C=O) groups excluding carboxylic acids is 1. The molecule has 0 bridgehead atoms. The van der Waals surface area contributed by atoms with Crippen molar-refractivity contribution in [2.45, 2.75) is 31.5 Å². The molecule has 2 aromatic heterocycles. The van der Waals surface area contributed by atoms with E-state index in [9.17, 15) is 9.90 Å². The molecule has 3 aromatic rings. The Labute approximate surface area is 197 Å².